The molecule has 2 amide bonds. The fourth-order valence-electron chi connectivity index (χ4n) is 3.30. The number of hydrogen-bond acceptors (Lipinski definition) is 3. The van der Waals surface area contributed by atoms with Crippen LogP contribution in [0.2, 0.25) is 0 Å². The molecule has 116 valence electrons. The predicted molar refractivity (Wildman–Crippen MR) is 79.8 cm³/mol. The van der Waals surface area contributed by atoms with Crippen LogP contribution in [0, 0.1) is 5.92 Å². The summed E-state index contributed by atoms with van der Waals surface area (Å²) >= 11 is 0. The van der Waals surface area contributed by atoms with Gasteiger partial charge in [0.05, 0.1) is 13.2 Å². The van der Waals surface area contributed by atoms with Crippen molar-refractivity contribution in [1.82, 2.24) is 15.5 Å². The second kappa shape index (κ2) is 8.47. The van der Waals surface area contributed by atoms with Crippen molar-refractivity contribution in [2.45, 2.75) is 44.6 Å². The number of ether oxygens (including phenoxy) is 1. The van der Waals surface area contributed by atoms with Crippen molar-refractivity contribution in [3.8, 4) is 0 Å². The molecule has 0 radical (unpaired) electrons. The number of rotatable bonds is 5. The maximum Gasteiger partial charge on any atom is 0.317 e. The molecule has 1 aliphatic heterocycles. The maximum atomic E-state index is 12.3. The van der Waals surface area contributed by atoms with Gasteiger partial charge >= 0.3 is 6.03 Å². The Bertz CT molecular complexity index is 287. The molecule has 2 fully saturated rings. The highest BCUT2D eigenvalue weighted by molar-refractivity contribution is 5.74. The second-order valence-electron chi connectivity index (χ2n) is 6.04. The van der Waals surface area contributed by atoms with Crippen LogP contribution < -0.4 is 10.6 Å². The third kappa shape index (κ3) is 4.94. The van der Waals surface area contributed by atoms with E-state index in [2.05, 4.69) is 10.6 Å². The summed E-state index contributed by atoms with van der Waals surface area (Å²) in [4.78, 5) is 14.1. The van der Waals surface area contributed by atoms with Crippen molar-refractivity contribution in [1.29, 1.82) is 0 Å². The average molecular weight is 283 g/mol. The molecule has 20 heavy (non-hydrogen) atoms. The van der Waals surface area contributed by atoms with Crippen molar-refractivity contribution in [3.63, 3.8) is 0 Å². The molecule has 1 saturated heterocycles. The minimum atomic E-state index is 0.0735. The van der Waals surface area contributed by atoms with E-state index in [-0.39, 0.29) is 12.1 Å². The zero-order chi connectivity index (χ0) is 14.2. The van der Waals surface area contributed by atoms with Gasteiger partial charge in [0.15, 0.2) is 0 Å². The summed E-state index contributed by atoms with van der Waals surface area (Å²) in [6, 6.07) is 0.322. The summed E-state index contributed by atoms with van der Waals surface area (Å²) in [6.45, 7) is 3.59. The molecule has 1 aliphatic carbocycles. The minimum Gasteiger partial charge on any atom is -0.378 e. The van der Waals surface area contributed by atoms with Gasteiger partial charge in [-0.25, -0.2) is 4.79 Å². The standard InChI is InChI=1S/C15H29N3O2/c1-16-12-14(11-13-5-3-2-4-6-13)17-15(19)18-7-9-20-10-8-18/h13-14,16H,2-12H2,1H3,(H,17,19)/t14-/m0/s1. The summed E-state index contributed by atoms with van der Waals surface area (Å²) in [5, 5.41) is 6.41. The van der Waals surface area contributed by atoms with Gasteiger partial charge in [0.2, 0.25) is 0 Å². The largest absolute Gasteiger partial charge is 0.378 e. The molecule has 0 unspecified atom stereocenters. The Hall–Kier alpha value is -0.810. The van der Waals surface area contributed by atoms with Crippen molar-refractivity contribution >= 4 is 6.03 Å². The van der Waals surface area contributed by atoms with E-state index in [1.54, 1.807) is 0 Å². The molecular formula is C15H29N3O2. The van der Waals surface area contributed by atoms with E-state index in [9.17, 15) is 4.79 Å². The molecule has 1 saturated carbocycles. The van der Waals surface area contributed by atoms with Crippen LogP contribution in [0.4, 0.5) is 4.79 Å². The zero-order valence-corrected chi connectivity index (χ0v) is 12.7. The zero-order valence-electron chi connectivity index (χ0n) is 12.7. The Balaban J connectivity index is 1.79. The van der Waals surface area contributed by atoms with Crippen LogP contribution in [0.15, 0.2) is 0 Å². The monoisotopic (exact) mass is 283 g/mol. The molecule has 0 bridgehead atoms. The van der Waals surface area contributed by atoms with Gasteiger partial charge in [-0.2, -0.15) is 0 Å². The number of hydrogen-bond donors (Lipinski definition) is 2. The normalized spacial score (nSPS) is 22.6. The van der Waals surface area contributed by atoms with Crippen LogP contribution in [0.5, 0.6) is 0 Å². The second-order valence-corrected chi connectivity index (χ2v) is 6.04. The fraction of sp³-hybridized carbons (Fsp3) is 0.933. The number of urea groups is 1. The first-order valence-electron chi connectivity index (χ1n) is 8.07. The van der Waals surface area contributed by atoms with Gasteiger partial charge in [-0.05, 0) is 19.4 Å². The Morgan fingerprint density at radius 3 is 2.60 bits per heavy atom. The maximum absolute atomic E-state index is 12.3. The molecule has 1 heterocycles. The number of nitrogens with zero attached hydrogens (tertiary/aromatic N) is 1. The van der Waals surface area contributed by atoms with Gasteiger partial charge in [0.1, 0.15) is 0 Å². The third-order valence-electron chi connectivity index (χ3n) is 4.42. The molecule has 0 spiro atoms. The number of carbonyl (C=O) groups excluding carboxylic acids is 1. The molecule has 0 aromatic rings. The van der Waals surface area contributed by atoms with E-state index in [0.717, 1.165) is 18.9 Å². The lowest BCUT2D eigenvalue weighted by Gasteiger charge is -2.31. The Morgan fingerprint density at radius 2 is 1.95 bits per heavy atom. The number of amides is 2. The van der Waals surface area contributed by atoms with Crippen LogP contribution >= 0.6 is 0 Å². The smallest absolute Gasteiger partial charge is 0.317 e. The first-order valence-corrected chi connectivity index (χ1v) is 8.07. The Morgan fingerprint density at radius 1 is 1.25 bits per heavy atom. The lowest BCUT2D eigenvalue weighted by molar-refractivity contribution is 0.0522. The highest BCUT2D eigenvalue weighted by Crippen LogP contribution is 2.27. The third-order valence-corrected chi connectivity index (χ3v) is 4.42. The van der Waals surface area contributed by atoms with Gasteiger partial charge in [0, 0.05) is 25.7 Å². The van der Waals surface area contributed by atoms with Crippen LogP contribution in [0.25, 0.3) is 0 Å². The van der Waals surface area contributed by atoms with Crippen molar-refractivity contribution in [2.75, 3.05) is 39.9 Å². The van der Waals surface area contributed by atoms with Crippen LogP contribution in [0.3, 0.4) is 0 Å². The van der Waals surface area contributed by atoms with E-state index < -0.39 is 0 Å². The Labute approximate surface area is 122 Å². The molecule has 0 aromatic carbocycles. The minimum absolute atomic E-state index is 0.0735. The predicted octanol–water partition coefficient (Wildman–Crippen LogP) is 1.59. The van der Waals surface area contributed by atoms with E-state index in [1.165, 1.54) is 32.1 Å². The van der Waals surface area contributed by atoms with Gasteiger partial charge in [0.25, 0.3) is 0 Å². The first kappa shape index (κ1) is 15.6. The summed E-state index contributed by atoms with van der Waals surface area (Å²) < 4.78 is 5.29. The summed E-state index contributed by atoms with van der Waals surface area (Å²) in [6.07, 6.45) is 7.86. The van der Waals surface area contributed by atoms with Crippen LogP contribution in [-0.2, 0) is 4.74 Å². The van der Waals surface area contributed by atoms with Gasteiger partial charge in [-0.15, -0.1) is 0 Å². The molecule has 2 N–H and O–H groups in total. The van der Waals surface area contributed by atoms with Gasteiger partial charge in [-0.1, -0.05) is 32.1 Å². The van der Waals surface area contributed by atoms with Gasteiger partial charge in [-0.3, -0.25) is 0 Å². The van der Waals surface area contributed by atoms with E-state index in [1.807, 2.05) is 11.9 Å². The summed E-state index contributed by atoms with van der Waals surface area (Å²) in [5.41, 5.74) is 0. The quantitative estimate of drug-likeness (QED) is 0.805. The molecule has 5 heteroatoms. The lowest BCUT2D eigenvalue weighted by Crippen LogP contribution is -2.51. The number of morpholine rings is 1. The summed E-state index contributed by atoms with van der Waals surface area (Å²) in [7, 11) is 1.95. The molecule has 0 aromatic heterocycles. The van der Waals surface area contributed by atoms with Gasteiger partial charge < -0.3 is 20.3 Å². The topological polar surface area (TPSA) is 53.6 Å². The number of likely N-dealkylation sites (N-methyl/N-ethyl adjacent to an activating group) is 1. The van der Waals surface area contributed by atoms with Crippen molar-refractivity contribution in [3.05, 3.63) is 0 Å². The number of carbonyl (C=O) groups is 1. The average Bonchev–Trinajstić information content (AvgIpc) is 2.49. The number of nitrogens with one attached hydrogen (secondary N) is 2. The first-order chi connectivity index (χ1) is 9.79. The highest BCUT2D eigenvalue weighted by atomic mass is 16.5. The SMILES string of the molecule is CNC[C@H](CC1CCCCC1)NC(=O)N1CCOCC1. The van der Waals surface area contributed by atoms with Crippen LogP contribution in [0.1, 0.15) is 38.5 Å². The van der Waals surface area contributed by atoms with Crippen molar-refractivity contribution in [2.24, 2.45) is 5.92 Å². The Kier molecular flexibility index (Phi) is 6.60. The van der Waals surface area contributed by atoms with Crippen molar-refractivity contribution < 1.29 is 9.53 Å². The van der Waals surface area contributed by atoms with E-state index in [0.29, 0.717) is 26.3 Å². The molecule has 2 rings (SSSR count). The molecule has 2 aliphatic rings. The van der Waals surface area contributed by atoms with E-state index >= 15 is 0 Å². The van der Waals surface area contributed by atoms with Crippen LogP contribution in [-0.4, -0.2) is 56.9 Å². The lowest BCUT2D eigenvalue weighted by atomic mass is 9.85. The molecule has 5 nitrogen and oxygen atoms in total. The summed E-state index contributed by atoms with van der Waals surface area (Å²) in [5.74, 6) is 0.784. The highest BCUT2D eigenvalue weighted by Gasteiger charge is 2.23. The fourth-order valence-corrected chi connectivity index (χ4v) is 3.30. The van der Waals surface area contributed by atoms with E-state index in [4.69, 9.17) is 4.74 Å². The molecular weight excluding hydrogens is 254 g/mol. The molecule has 1 atom stereocenters.